The Kier molecular flexibility index (Phi) is 4.35. The third-order valence-corrected chi connectivity index (χ3v) is 3.01. The average Bonchev–Trinajstić information content (AvgIpc) is 2.47. The molecule has 2 aromatic rings. The number of alkyl halides is 3. The molecule has 22 heavy (non-hydrogen) atoms. The Balaban J connectivity index is 2.51. The lowest BCUT2D eigenvalue weighted by Crippen LogP contribution is -2.14. The minimum atomic E-state index is -4.44. The van der Waals surface area contributed by atoms with E-state index in [-0.39, 0.29) is 11.5 Å². The van der Waals surface area contributed by atoms with E-state index in [9.17, 15) is 13.2 Å². The van der Waals surface area contributed by atoms with E-state index in [1.165, 1.54) is 11.1 Å². The second-order valence-electron chi connectivity index (χ2n) is 4.86. The fraction of sp³-hybridized carbons (Fsp3) is 0.200. The zero-order chi connectivity index (χ0) is 16.3. The highest BCUT2D eigenvalue weighted by Crippen LogP contribution is 2.33. The smallest absolute Gasteiger partial charge is 0.411 e. The summed E-state index contributed by atoms with van der Waals surface area (Å²) in [4.78, 5) is 5.75. The fourth-order valence-electron chi connectivity index (χ4n) is 1.86. The molecule has 0 saturated carbocycles. The Hall–Kier alpha value is -2.57. The summed E-state index contributed by atoms with van der Waals surface area (Å²) >= 11 is 0. The zero-order valence-electron chi connectivity index (χ0n) is 12.0. The number of halogens is 3. The van der Waals surface area contributed by atoms with Gasteiger partial charge in [0.2, 0.25) is 0 Å². The maximum absolute atomic E-state index is 13.0. The monoisotopic (exact) mass is 309 g/mol. The Labute approximate surface area is 125 Å². The molecule has 0 spiro atoms. The summed E-state index contributed by atoms with van der Waals surface area (Å²) in [6.45, 7) is 0. The van der Waals surface area contributed by atoms with Crippen LogP contribution in [0.3, 0.4) is 0 Å². The van der Waals surface area contributed by atoms with Gasteiger partial charge in [0.1, 0.15) is 5.82 Å². The van der Waals surface area contributed by atoms with Crippen molar-refractivity contribution in [2.75, 3.05) is 19.0 Å². The molecule has 0 radical (unpaired) electrons. The van der Waals surface area contributed by atoms with Crippen molar-refractivity contribution in [3.8, 4) is 11.3 Å². The van der Waals surface area contributed by atoms with Gasteiger partial charge in [-0.1, -0.05) is 29.4 Å². The topological polar surface area (TPSA) is 48.7 Å². The van der Waals surface area contributed by atoms with Crippen LogP contribution in [0.25, 0.3) is 11.3 Å². The van der Waals surface area contributed by atoms with Crippen molar-refractivity contribution in [1.82, 2.24) is 4.98 Å². The van der Waals surface area contributed by atoms with E-state index in [2.05, 4.69) is 10.1 Å². The quantitative estimate of drug-likeness (QED) is 0.535. The molecule has 0 aliphatic heterocycles. The van der Waals surface area contributed by atoms with Crippen molar-refractivity contribution < 1.29 is 18.4 Å². The minimum absolute atomic E-state index is 0.228. The van der Waals surface area contributed by atoms with Gasteiger partial charge in [-0.3, -0.25) is 0 Å². The number of benzene rings is 1. The molecule has 0 aliphatic carbocycles. The molecule has 0 aliphatic rings. The molecule has 0 bridgehead atoms. The highest BCUT2D eigenvalue weighted by Gasteiger charge is 2.32. The van der Waals surface area contributed by atoms with Gasteiger partial charge in [0.05, 0.1) is 17.5 Å². The van der Waals surface area contributed by atoms with Crippen LogP contribution in [0.1, 0.15) is 11.1 Å². The molecular formula is C15H14F3N3O. The van der Waals surface area contributed by atoms with Gasteiger partial charge < -0.3 is 10.1 Å². The number of hydrogen-bond acceptors (Lipinski definition) is 4. The summed E-state index contributed by atoms with van der Waals surface area (Å²) in [6, 6.07) is 8.54. The molecule has 0 atom stereocenters. The maximum Gasteiger partial charge on any atom is 0.416 e. The lowest BCUT2D eigenvalue weighted by Gasteiger charge is -2.16. The van der Waals surface area contributed by atoms with E-state index >= 15 is 0 Å². The van der Waals surface area contributed by atoms with Crippen LogP contribution in [0, 0.1) is 0 Å². The van der Waals surface area contributed by atoms with Crippen molar-refractivity contribution in [1.29, 1.82) is 0 Å². The van der Waals surface area contributed by atoms with E-state index in [1.807, 2.05) is 0 Å². The summed E-state index contributed by atoms with van der Waals surface area (Å²) in [5.41, 5.74) is 0.656. The van der Waals surface area contributed by atoms with Crippen LogP contribution in [-0.2, 0) is 6.18 Å². The molecular weight excluding hydrogens is 295 g/mol. The van der Waals surface area contributed by atoms with Crippen LogP contribution in [-0.4, -0.2) is 30.5 Å². The van der Waals surface area contributed by atoms with Gasteiger partial charge in [0.25, 0.3) is 0 Å². The van der Waals surface area contributed by atoms with Crippen molar-refractivity contribution in [3.63, 3.8) is 0 Å². The standard InChI is InChI=1S/C15H14F3N3O/c1-21(2)14-8-12(15(16,17)18)7-13(20-14)11-5-3-10(4-6-11)9-19-22/h3-9,22H,1-2H3/b19-9-. The lowest BCUT2D eigenvalue weighted by molar-refractivity contribution is -0.137. The van der Waals surface area contributed by atoms with Gasteiger partial charge in [-0.05, 0) is 17.7 Å². The number of hydrogen-bond donors (Lipinski definition) is 1. The van der Waals surface area contributed by atoms with Gasteiger partial charge in [0, 0.05) is 19.7 Å². The number of aromatic nitrogens is 1. The molecule has 1 N–H and O–H groups in total. The molecule has 4 nitrogen and oxygen atoms in total. The maximum atomic E-state index is 13.0. The Bertz CT molecular complexity index is 679. The molecule has 0 unspecified atom stereocenters. The van der Waals surface area contributed by atoms with Crippen LogP contribution in [0.15, 0.2) is 41.6 Å². The minimum Gasteiger partial charge on any atom is -0.411 e. The lowest BCUT2D eigenvalue weighted by atomic mass is 10.1. The number of oxime groups is 1. The molecule has 7 heteroatoms. The summed E-state index contributed by atoms with van der Waals surface area (Å²) in [7, 11) is 3.26. The highest BCUT2D eigenvalue weighted by atomic mass is 19.4. The van der Waals surface area contributed by atoms with Crippen LogP contribution >= 0.6 is 0 Å². The predicted octanol–water partition coefficient (Wildman–Crippen LogP) is 3.64. The van der Waals surface area contributed by atoms with Gasteiger partial charge in [-0.2, -0.15) is 13.2 Å². The van der Waals surface area contributed by atoms with Crippen molar-refractivity contribution in [2.45, 2.75) is 6.18 Å². The molecule has 2 rings (SSSR count). The van der Waals surface area contributed by atoms with E-state index in [0.29, 0.717) is 11.1 Å². The normalized spacial score (nSPS) is 11.9. The Morgan fingerprint density at radius 2 is 1.77 bits per heavy atom. The zero-order valence-corrected chi connectivity index (χ0v) is 12.0. The molecule has 1 aromatic carbocycles. The number of rotatable bonds is 3. The summed E-state index contributed by atoms with van der Waals surface area (Å²) in [5.74, 6) is 0.228. The van der Waals surface area contributed by atoms with Gasteiger partial charge >= 0.3 is 6.18 Å². The third kappa shape index (κ3) is 3.55. The van der Waals surface area contributed by atoms with Crippen molar-refractivity contribution in [3.05, 3.63) is 47.5 Å². The van der Waals surface area contributed by atoms with Gasteiger partial charge in [-0.15, -0.1) is 0 Å². The highest BCUT2D eigenvalue weighted by molar-refractivity contribution is 5.80. The van der Waals surface area contributed by atoms with Crippen molar-refractivity contribution >= 4 is 12.0 Å². The molecule has 116 valence electrons. The fourth-order valence-corrected chi connectivity index (χ4v) is 1.86. The van der Waals surface area contributed by atoms with E-state index in [0.717, 1.165) is 12.1 Å². The van der Waals surface area contributed by atoms with Gasteiger partial charge in [0.15, 0.2) is 0 Å². The first kappa shape index (κ1) is 15.8. The van der Waals surface area contributed by atoms with E-state index in [4.69, 9.17) is 5.21 Å². The van der Waals surface area contributed by atoms with Gasteiger partial charge in [-0.25, -0.2) is 4.98 Å². The van der Waals surface area contributed by atoms with E-state index < -0.39 is 11.7 Å². The Morgan fingerprint density at radius 1 is 1.14 bits per heavy atom. The molecule has 0 amide bonds. The first-order valence-corrected chi connectivity index (χ1v) is 6.36. The van der Waals surface area contributed by atoms with Crippen molar-refractivity contribution in [2.24, 2.45) is 5.16 Å². The first-order valence-electron chi connectivity index (χ1n) is 6.36. The first-order chi connectivity index (χ1) is 10.3. The third-order valence-electron chi connectivity index (χ3n) is 3.01. The second kappa shape index (κ2) is 6.05. The average molecular weight is 309 g/mol. The molecule has 1 heterocycles. The van der Waals surface area contributed by atoms with Crippen LogP contribution in [0.4, 0.5) is 19.0 Å². The second-order valence-corrected chi connectivity index (χ2v) is 4.86. The SMILES string of the molecule is CN(C)c1cc(C(F)(F)F)cc(-c2ccc(/C=N\O)cc2)n1. The number of pyridine rings is 1. The number of anilines is 1. The van der Waals surface area contributed by atoms with Crippen LogP contribution in [0.2, 0.25) is 0 Å². The Morgan fingerprint density at radius 3 is 2.27 bits per heavy atom. The number of nitrogens with zero attached hydrogens (tertiary/aromatic N) is 3. The van der Waals surface area contributed by atoms with Crippen LogP contribution < -0.4 is 4.90 Å². The van der Waals surface area contributed by atoms with Crippen LogP contribution in [0.5, 0.6) is 0 Å². The molecule has 1 aromatic heterocycles. The summed E-state index contributed by atoms with van der Waals surface area (Å²) in [6.07, 6.45) is -3.21. The summed E-state index contributed by atoms with van der Waals surface area (Å²) < 4.78 is 39.0. The largest absolute Gasteiger partial charge is 0.416 e. The van der Waals surface area contributed by atoms with E-state index in [1.54, 1.807) is 38.4 Å². The predicted molar refractivity (Wildman–Crippen MR) is 78.4 cm³/mol. The summed E-state index contributed by atoms with van der Waals surface area (Å²) in [5, 5.41) is 11.4. The molecule has 0 saturated heterocycles. The molecule has 0 fully saturated rings.